The van der Waals surface area contributed by atoms with Crippen LogP contribution in [0.2, 0.25) is 0 Å². The molecule has 226 valence electrons. The van der Waals surface area contributed by atoms with E-state index < -0.39 is 5.72 Å². The van der Waals surface area contributed by atoms with Crippen molar-refractivity contribution < 1.29 is 19.8 Å². The smallest absolute Gasteiger partial charge is 0.253 e. The molecule has 0 bridgehead atoms. The van der Waals surface area contributed by atoms with Crippen molar-refractivity contribution in [3.8, 4) is 0 Å². The minimum absolute atomic E-state index is 0.130. The van der Waals surface area contributed by atoms with Crippen molar-refractivity contribution in [3.63, 3.8) is 0 Å². The topological polar surface area (TPSA) is 98.2 Å². The number of pyridine rings is 1. The number of aromatic nitrogens is 1. The van der Waals surface area contributed by atoms with E-state index in [0.29, 0.717) is 17.4 Å². The van der Waals surface area contributed by atoms with Crippen LogP contribution in [0.4, 0.5) is 0 Å². The van der Waals surface area contributed by atoms with Crippen LogP contribution in [0.3, 0.4) is 0 Å². The fraction of sp³-hybridized carbons (Fsp3) is 0.429. The molecular formula is C35H42N4O4. The van der Waals surface area contributed by atoms with Gasteiger partial charge in [0.25, 0.3) is 5.91 Å². The van der Waals surface area contributed by atoms with E-state index in [1.165, 1.54) is 29.2 Å². The quantitative estimate of drug-likeness (QED) is 0.266. The first kappa shape index (κ1) is 29.7. The summed E-state index contributed by atoms with van der Waals surface area (Å²) in [4.78, 5) is 22.6. The van der Waals surface area contributed by atoms with Gasteiger partial charge in [-0.1, -0.05) is 48.6 Å². The van der Waals surface area contributed by atoms with E-state index in [9.17, 15) is 9.90 Å². The van der Waals surface area contributed by atoms with Crippen molar-refractivity contribution in [2.45, 2.75) is 50.8 Å². The number of piperidine rings is 1. The van der Waals surface area contributed by atoms with E-state index in [-0.39, 0.29) is 5.91 Å². The molecular weight excluding hydrogens is 540 g/mol. The van der Waals surface area contributed by atoms with Crippen LogP contribution in [-0.4, -0.2) is 70.4 Å². The van der Waals surface area contributed by atoms with Crippen molar-refractivity contribution >= 4 is 12.0 Å². The maximum Gasteiger partial charge on any atom is 0.253 e. The number of amides is 1. The van der Waals surface area contributed by atoms with Crippen molar-refractivity contribution in [1.82, 2.24) is 20.3 Å². The van der Waals surface area contributed by atoms with E-state index in [2.05, 4.69) is 35.3 Å². The van der Waals surface area contributed by atoms with Crippen LogP contribution < -0.4 is 5.48 Å². The maximum absolute atomic E-state index is 13.4. The van der Waals surface area contributed by atoms with Gasteiger partial charge in [0.05, 0.1) is 13.2 Å². The number of aliphatic hydroxyl groups is 1. The zero-order valence-electron chi connectivity index (χ0n) is 24.9. The lowest BCUT2D eigenvalue weighted by atomic mass is 9.85. The van der Waals surface area contributed by atoms with Gasteiger partial charge in [-0.05, 0) is 84.9 Å². The van der Waals surface area contributed by atoms with Gasteiger partial charge in [-0.2, -0.15) is 5.48 Å². The number of carbonyl (C=O) groups is 1. The van der Waals surface area contributed by atoms with Gasteiger partial charge >= 0.3 is 0 Å². The summed E-state index contributed by atoms with van der Waals surface area (Å²) in [6, 6.07) is 18.1. The van der Waals surface area contributed by atoms with Gasteiger partial charge in [-0.3, -0.25) is 14.7 Å². The number of ether oxygens (including phenoxy) is 1. The maximum atomic E-state index is 13.4. The molecule has 1 aliphatic carbocycles. The number of benzene rings is 2. The van der Waals surface area contributed by atoms with Gasteiger partial charge in [0.15, 0.2) is 5.72 Å². The number of nitrogens with one attached hydrogen (secondary N) is 1. The van der Waals surface area contributed by atoms with Gasteiger partial charge in [0.2, 0.25) is 0 Å². The second-order valence-electron chi connectivity index (χ2n) is 12.4. The third-order valence-corrected chi connectivity index (χ3v) is 9.20. The lowest BCUT2D eigenvalue weighted by Gasteiger charge is -2.33. The van der Waals surface area contributed by atoms with E-state index >= 15 is 0 Å². The molecule has 6 rings (SSSR count). The molecule has 8 heteroatoms. The largest absolute Gasteiger partial charge is 0.379 e. The number of carbonyl (C=O) groups excluding carboxylic acids is 1. The zero-order valence-corrected chi connectivity index (χ0v) is 24.9. The van der Waals surface area contributed by atoms with E-state index in [1.807, 2.05) is 53.0 Å². The van der Waals surface area contributed by atoms with Crippen LogP contribution in [0.1, 0.15) is 69.6 Å². The molecule has 2 saturated heterocycles. The standard InChI is InChI=1S/C35H42N4O4/c1-35(41,37-42)32-9-6-25(7-10-32)19-26-5-8-29-22-31(23-36-33(29)21-26)28-11-13-39(14-12-28)34(40)30-4-2-3-27(20-30)24-38-15-17-43-18-16-38/h2-10,20,22-23,26,28,37,41-42H,11-19,21,24H2,1H3. The lowest BCUT2D eigenvalue weighted by molar-refractivity contribution is -0.0852. The summed E-state index contributed by atoms with van der Waals surface area (Å²) in [5, 5.41) is 19.3. The minimum atomic E-state index is -1.47. The second-order valence-corrected chi connectivity index (χ2v) is 12.4. The van der Waals surface area contributed by atoms with Crippen LogP contribution in [0.5, 0.6) is 0 Å². The highest BCUT2D eigenvalue weighted by atomic mass is 16.5. The number of fused-ring (bicyclic) bond motifs is 1. The molecule has 3 aromatic rings. The average Bonchev–Trinajstić information content (AvgIpc) is 3.05. The highest BCUT2D eigenvalue weighted by molar-refractivity contribution is 5.94. The van der Waals surface area contributed by atoms with E-state index in [0.717, 1.165) is 82.9 Å². The summed E-state index contributed by atoms with van der Waals surface area (Å²) in [6.45, 7) is 7.31. The van der Waals surface area contributed by atoms with Gasteiger partial charge in [0, 0.05) is 55.7 Å². The third kappa shape index (κ3) is 7.06. The summed E-state index contributed by atoms with van der Waals surface area (Å²) in [5.74, 6) is 0.893. The fourth-order valence-corrected chi connectivity index (χ4v) is 6.51. The Morgan fingerprint density at radius 2 is 1.81 bits per heavy atom. The molecule has 0 saturated carbocycles. The number of hydrogen-bond donors (Lipinski definition) is 3. The van der Waals surface area contributed by atoms with Crippen LogP contribution in [0, 0.1) is 5.92 Å². The summed E-state index contributed by atoms with van der Waals surface area (Å²) in [6.07, 6.45) is 10.2. The van der Waals surface area contributed by atoms with Gasteiger partial charge in [-0.25, -0.2) is 0 Å². The third-order valence-electron chi connectivity index (χ3n) is 9.20. The average molecular weight is 583 g/mol. The highest BCUT2D eigenvalue weighted by Crippen LogP contribution is 2.32. The summed E-state index contributed by atoms with van der Waals surface area (Å²) < 4.78 is 5.46. The second kappa shape index (κ2) is 13.1. The molecule has 1 amide bonds. The summed E-state index contributed by atoms with van der Waals surface area (Å²) in [7, 11) is 0. The van der Waals surface area contributed by atoms with Crippen LogP contribution in [0.25, 0.3) is 6.08 Å². The molecule has 3 N–H and O–H groups in total. The first-order valence-electron chi connectivity index (χ1n) is 15.5. The molecule has 1 aromatic heterocycles. The number of allylic oxidation sites excluding steroid dienone is 1. The molecule has 3 aliphatic rings. The van der Waals surface area contributed by atoms with E-state index in [4.69, 9.17) is 14.9 Å². The molecule has 2 aliphatic heterocycles. The predicted molar refractivity (Wildman–Crippen MR) is 166 cm³/mol. The predicted octanol–water partition coefficient (Wildman–Crippen LogP) is 4.51. The number of rotatable bonds is 8. The summed E-state index contributed by atoms with van der Waals surface area (Å²) >= 11 is 0. The van der Waals surface area contributed by atoms with Crippen LogP contribution in [0.15, 0.2) is 66.9 Å². The fourth-order valence-electron chi connectivity index (χ4n) is 6.51. The SMILES string of the molecule is CC(O)(NO)c1ccc(CC2C=Cc3cc(C4CCN(C(=O)c5cccc(CN6CCOCC6)c5)CC4)cnc3C2)cc1. The number of morpholine rings is 1. The Balaban J connectivity index is 1.02. The molecule has 0 spiro atoms. The van der Waals surface area contributed by atoms with Crippen LogP contribution >= 0.6 is 0 Å². The van der Waals surface area contributed by atoms with Gasteiger partial charge in [0.1, 0.15) is 0 Å². The van der Waals surface area contributed by atoms with Crippen molar-refractivity contribution in [2.75, 3.05) is 39.4 Å². The molecule has 3 heterocycles. The van der Waals surface area contributed by atoms with E-state index in [1.54, 1.807) is 0 Å². The minimum Gasteiger partial charge on any atom is -0.379 e. The number of nitrogens with zero attached hydrogens (tertiary/aromatic N) is 3. The summed E-state index contributed by atoms with van der Waals surface area (Å²) in [5.41, 5.74) is 7.82. The number of likely N-dealkylation sites (tertiary alicyclic amines) is 1. The first-order chi connectivity index (χ1) is 20.9. The van der Waals surface area contributed by atoms with Gasteiger partial charge < -0.3 is 20.0 Å². The van der Waals surface area contributed by atoms with Crippen LogP contribution in [-0.2, 0) is 29.8 Å². The Bertz CT molecular complexity index is 1440. The lowest BCUT2D eigenvalue weighted by Crippen LogP contribution is -2.38. The zero-order chi connectivity index (χ0) is 29.8. The molecule has 2 fully saturated rings. The molecule has 2 aromatic carbocycles. The van der Waals surface area contributed by atoms with Crippen molar-refractivity contribution in [3.05, 3.63) is 106 Å². The molecule has 0 radical (unpaired) electrons. The molecule has 2 unspecified atom stereocenters. The number of hydroxylamine groups is 1. The normalized spacial score (nSPS) is 20.9. The van der Waals surface area contributed by atoms with Crippen molar-refractivity contribution in [1.29, 1.82) is 0 Å². The first-order valence-corrected chi connectivity index (χ1v) is 15.5. The monoisotopic (exact) mass is 582 g/mol. The Morgan fingerprint density at radius 1 is 1.05 bits per heavy atom. The Kier molecular flexibility index (Phi) is 9.02. The Hall–Kier alpha value is -3.40. The molecule has 2 atom stereocenters. The van der Waals surface area contributed by atoms with Gasteiger partial charge in [-0.15, -0.1) is 0 Å². The highest BCUT2D eigenvalue weighted by Gasteiger charge is 2.27. The molecule has 43 heavy (non-hydrogen) atoms. The number of hydrogen-bond acceptors (Lipinski definition) is 7. The molecule has 8 nitrogen and oxygen atoms in total. The van der Waals surface area contributed by atoms with Crippen molar-refractivity contribution in [2.24, 2.45) is 5.92 Å². The Labute approximate surface area is 254 Å². The Morgan fingerprint density at radius 3 is 2.56 bits per heavy atom.